The number of para-hydroxylation sites is 1. The number of carbonyl (C=O) groups excluding carboxylic acids is 2. The molecule has 5 heteroatoms. The van der Waals surface area contributed by atoms with Crippen LogP contribution in [0.3, 0.4) is 0 Å². The molecule has 0 unspecified atom stereocenters. The van der Waals surface area contributed by atoms with E-state index in [9.17, 15) is 9.59 Å². The molecule has 4 nitrogen and oxygen atoms in total. The molecule has 2 N–H and O–H groups in total. The van der Waals surface area contributed by atoms with Gasteiger partial charge in [0.25, 0.3) is 11.8 Å². The molecular weight excluding hydrogens is 384 g/mol. The molecule has 0 saturated carbocycles. The predicted molar refractivity (Wildman–Crippen MR) is 119 cm³/mol. The van der Waals surface area contributed by atoms with Gasteiger partial charge in [-0.25, -0.2) is 0 Å². The largest absolute Gasteiger partial charge is 0.322 e. The Kier molecular flexibility index (Phi) is 6.04. The normalized spacial score (nSPS) is 11.0. The minimum Gasteiger partial charge on any atom is -0.322 e. The average molecular weight is 407 g/mol. The highest BCUT2D eigenvalue weighted by molar-refractivity contribution is 6.33. The highest BCUT2D eigenvalue weighted by Gasteiger charge is 2.15. The third-order valence-electron chi connectivity index (χ3n) is 4.52. The van der Waals surface area contributed by atoms with Crippen molar-refractivity contribution in [3.63, 3.8) is 0 Å². The van der Waals surface area contributed by atoms with Crippen molar-refractivity contribution in [2.24, 2.45) is 0 Å². The summed E-state index contributed by atoms with van der Waals surface area (Å²) in [5.41, 5.74) is 3.24. The van der Waals surface area contributed by atoms with Gasteiger partial charge in [0, 0.05) is 16.8 Å². The summed E-state index contributed by atoms with van der Waals surface area (Å²) in [5, 5.41) is 6.08. The van der Waals surface area contributed by atoms with E-state index in [1.165, 1.54) is 0 Å². The van der Waals surface area contributed by atoms with E-state index in [0.29, 0.717) is 27.5 Å². The molecule has 0 bridgehead atoms. The molecule has 29 heavy (non-hydrogen) atoms. The van der Waals surface area contributed by atoms with Gasteiger partial charge >= 0.3 is 0 Å². The maximum atomic E-state index is 12.6. The molecular formula is C24H23ClN2O2. The van der Waals surface area contributed by atoms with Gasteiger partial charge in [0.1, 0.15) is 0 Å². The smallest absolute Gasteiger partial charge is 0.255 e. The molecule has 3 aromatic rings. The van der Waals surface area contributed by atoms with E-state index < -0.39 is 0 Å². The van der Waals surface area contributed by atoms with Crippen molar-refractivity contribution in [1.29, 1.82) is 0 Å². The second-order valence-electron chi connectivity index (χ2n) is 7.80. The Labute approximate surface area is 175 Å². The van der Waals surface area contributed by atoms with Gasteiger partial charge in [-0.3, -0.25) is 9.59 Å². The number of amides is 2. The third kappa shape index (κ3) is 5.24. The number of anilines is 2. The molecule has 0 spiro atoms. The van der Waals surface area contributed by atoms with Crippen molar-refractivity contribution in [2.45, 2.75) is 26.2 Å². The van der Waals surface area contributed by atoms with Crippen molar-refractivity contribution >= 4 is 34.8 Å². The van der Waals surface area contributed by atoms with Crippen LogP contribution in [0.1, 0.15) is 47.1 Å². The van der Waals surface area contributed by atoms with Gasteiger partial charge in [0.15, 0.2) is 0 Å². The lowest BCUT2D eigenvalue weighted by atomic mass is 9.87. The fourth-order valence-electron chi connectivity index (χ4n) is 2.82. The SMILES string of the molecule is CC(C)(C)c1ccc(C(=O)Nc2cccc(C(=O)Nc3ccccc3Cl)c2)cc1. The zero-order chi connectivity index (χ0) is 21.0. The van der Waals surface area contributed by atoms with Gasteiger partial charge < -0.3 is 10.6 Å². The maximum Gasteiger partial charge on any atom is 0.255 e. The van der Waals surface area contributed by atoms with Crippen LogP contribution in [0.2, 0.25) is 5.02 Å². The Bertz CT molecular complexity index is 1040. The molecule has 0 atom stereocenters. The highest BCUT2D eigenvalue weighted by Crippen LogP contribution is 2.23. The molecule has 0 saturated heterocycles. The van der Waals surface area contributed by atoms with Crippen LogP contribution in [0.25, 0.3) is 0 Å². The van der Waals surface area contributed by atoms with Gasteiger partial charge in [0.2, 0.25) is 0 Å². The van der Waals surface area contributed by atoms with E-state index in [-0.39, 0.29) is 17.2 Å². The summed E-state index contributed by atoms with van der Waals surface area (Å²) in [4.78, 5) is 25.1. The summed E-state index contributed by atoms with van der Waals surface area (Å²) in [7, 11) is 0. The topological polar surface area (TPSA) is 58.2 Å². The second kappa shape index (κ2) is 8.50. The van der Waals surface area contributed by atoms with Crippen LogP contribution in [0, 0.1) is 0 Å². The summed E-state index contributed by atoms with van der Waals surface area (Å²) in [6.07, 6.45) is 0. The molecule has 2 amide bonds. The minimum atomic E-state index is -0.302. The molecule has 0 aliphatic rings. The number of hydrogen-bond donors (Lipinski definition) is 2. The van der Waals surface area contributed by atoms with Gasteiger partial charge in [-0.05, 0) is 53.4 Å². The van der Waals surface area contributed by atoms with Gasteiger partial charge in [0.05, 0.1) is 10.7 Å². The van der Waals surface area contributed by atoms with E-state index in [0.717, 1.165) is 5.56 Å². The number of hydrogen-bond acceptors (Lipinski definition) is 2. The third-order valence-corrected chi connectivity index (χ3v) is 4.85. The zero-order valence-electron chi connectivity index (χ0n) is 16.6. The number of nitrogens with one attached hydrogen (secondary N) is 2. The first-order valence-electron chi connectivity index (χ1n) is 9.32. The number of halogens is 1. The Morgan fingerprint density at radius 2 is 1.41 bits per heavy atom. The Morgan fingerprint density at radius 3 is 2.07 bits per heavy atom. The van der Waals surface area contributed by atoms with Crippen LogP contribution in [0.15, 0.2) is 72.8 Å². The molecule has 3 rings (SSSR count). The monoisotopic (exact) mass is 406 g/mol. The predicted octanol–water partition coefficient (Wildman–Crippen LogP) is 6.14. The number of rotatable bonds is 4. The molecule has 0 aliphatic carbocycles. The highest BCUT2D eigenvalue weighted by atomic mass is 35.5. The van der Waals surface area contributed by atoms with Crippen molar-refractivity contribution in [1.82, 2.24) is 0 Å². The fourth-order valence-corrected chi connectivity index (χ4v) is 3.00. The van der Waals surface area contributed by atoms with Crippen molar-refractivity contribution in [3.8, 4) is 0 Å². The van der Waals surface area contributed by atoms with Gasteiger partial charge in [-0.2, -0.15) is 0 Å². The van der Waals surface area contributed by atoms with Gasteiger partial charge in [-0.1, -0.05) is 62.7 Å². The number of benzene rings is 3. The summed E-state index contributed by atoms with van der Waals surface area (Å²) in [6.45, 7) is 6.38. The van der Waals surface area contributed by atoms with Crippen LogP contribution >= 0.6 is 11.6 Å². The summed E-state index contributed by atoms with van der Waals surface area (Å²) in [6, 6.07) is 21.3. The van der Waals surface area contributed by atoms with Crippen LogP contribution in [-0.4, -0.2) is 11.8 Å². The summed E-state index contributed by atoms with van der Waals surface area (Å²) >= 11 is 6.09. The molecule has 3 aromatic carbocycles. The van der Waals surface area contributed by atoms with E-state index in [1.807, 2.05) is 24.3 Å². The molecule has 148 valence electrons. The van der Waals surface area contributed by atoms with Gasteiger partial charge in [-0.15, -0.1) is 0 Å². The molecule has 0 radical (unpaired) electrons. The van der Waals surface area contributed by atoms with E-state index in [1.54, 1.807) is 48.5 Å². The van der Waals surface area contributed by atoms with Crippen LogP contribution < -0.4 is 10.6 Å². The van der Waals surface area contributed by atoms with Crippen molar-refractivity contribution in [3.05, 3.63) is 94.5 Å². The Hall–Kier alpha value is -3.11. The van der Waals surface area contributed by atoms with Crippen LogP contribution in [-0.2, 0) is 5.41 Å². The van der Waals surface area contributed by atoms with Crippen molar-refractivity contribution < 1.29 is 9.59 Å². The standard InChI is InChI=1S/C24H23ClN2O2/c1-24(2,3)18-13-11-16(12-14-18)22(28)26-19-8-6-7-17(15-19)23(29)27-21-10-5-4-9-20(21)25/h4-15H,1-3H3,(H,26,28)(H,27,29). The summed E-state index contributed by atoms with van der Waals surface area (Å²) in [5.74, 6) is -0.530. The van der Waals surface area contributed by atoms with Crippen LogP contribution in [0.4, 0.5) is 11.4 Å². The lowest BCUT2D eigenvalue weighted by Gasteiger charge is -2.19. The molecule has 0 aliphatic heterocycles. The van der Waals surface area contributed by atoms with E-state index in [4.69, 9.17) is 11.6 Å². The quantitative estimate of drug-likeness (QED) is 0.546. The lowest BCUT2D eigenvalue weighted by molar-refractivity contribution is 0.101. The first-order valence-corrected chi connectivity index (χ1v) is 9.70. The molecule has 0 fully saturated rings. The Morgan fingerprint density at radius 1 is 0.759 bits per heavy atom. The van der Waals surface area contributed by atoms with E-state index in [2.05, 4.69) is 31.4 Å². The molecule has 0 aromatic heterocycles. The first kappa shape index (κ1) is 20.6. The maximum absolute atomic E-state index is 12.6. The fraction of sp³-hybridized carbons (Fsp3) is 0.167. The summed E-state index contributed by atoms with van der Waals surface area (Å²) < 4.78 is 0. The van der Waals surface area contributed by atoms with Crippen molar-refractivity contribution in [2.75, 3.05) is 10.6 Å². The zero-order valence-corrected chi connectivity index (χ0v) is 17.4. The average Bonchev–Trinajstić information content (AvgIpc) is 2.69. The minimum absolute atomic E-state index is 0.0261. The second-order valence-corrected chi connectivity index (χ2v) is 8.20. The first-order chi connectivity index (χ1) is 13.7. The van der Waals surface area contributed by atoms with E-state index >= 15 is 0 Å². The number of carbonyl (C=O) groups is 2. The van der Waals surface area contributed by atoms with Crippen LogP contribution in [0.5, 0.6) is 0 Å². The molecule has 0 heterocycles. The lowest BCUT2D eigenvalue weighted by Crippen LogP contribution is -2.15. The Balaban J connectivity index is 1.71.